The Kier molecular flexibility index (Phi) is 23.5. The molecular weight excluding hydrogens is 763 g/mol. The van der Waals surface area contributed by atoms with Crippen LogP contribution in [0, 0.1) is 0 Å². The number of hydrogen-bond donors (Lipinski definition) is 0. The molecule has 0 N–H and O–H groups in total. The average molecular weight is 847 g/mol. The minimum Gasteiger partial charge on any atom is -0.212 e. The SMILES string of the molecule is C[Si](C)(C)CCS(=O)(=O)N1CCCCCCCCN(S(=O)(=O)CC[Si](C)(C)C)CCCCCCN(S(=O)(=O)CC[Si](C)(C)C)CCCCCCCC1. The van der Waals surface area contributed by atoms with Gasteiger partial charge in [-0.05, 0) is 56.7 Å². The van der Waals surface area contributed by atoms with Gasteiger partial charge in [-0.1, -0.05) is 123 Å². The van der Waals surface area contributed by atoms with Crippen molar-refractivity contribution < 1.29 is 25.3 Å². The fourth-order valence-electron chi connectivity index (χ4n) is 6.36. The lowest BCUT2D eigenvalue weighted by Crippen LogP contribution is -2.37. The summed E-state index contributed by atoms with van der Waals surface area (Å²) in [5, 5.41) is 0. The topological polar surface area (TPSA) is 112 Å². The van der Waals surface area contributed by atoms with Crippen LogP contribution in [0.1, 0.15) is 103 Å². The summed E-state index contributed by atoms with van der Waals surface area (Å²) in [5.74, 6) is 0.700. The van der Waals surface area contributed by atoms with Crippen molar-refractivity contribution in [1.82, 2.24) is 12.9 Å². The number of sulfonamides is 3. The molecule has 0 aromatic rings. The molecule has 0 amide bonds. The highest BCUT2D eigenvalue weighted by Gasteiger charge is 2.27. The van der Waals surface area contributed by atoms with Crippen molar-refractivity contribution in [1.29, 1.82) is 0 Å². The maximum atomic E-state index is 13.5. The second-order valence-corrected chi connectivity index (χ2v) is 42.4. The normalized spacial score (nSPS) is 20.9. The summed E-state index contributed by atoms with van der Waals surface area (Å²) in [6, 6.07) is 2.30. The van der Waals surface area contributed by atoms with E-state index in [4.69, 9.17) is 0 Å². The van der Waals surface area contributed by atoms with Crippen LogP contribution in [-0.4, -0.2) is 119 Å². The molecule has 1 aliphatic rings. The van der Waals surface area contributed by atoms with Gasteiger partial charge in [0, 0.05) is 63.5 Å². The van der Waals surface area contributed by atoms with Crippen LogP contribution in [0.25, 0.3) is 0 Å². The van der Waals surface area contributed by atoms with Crippen molar-refractivity contribution in [2.75, 3.05) is 56.5 Å². The minimum atomic E-state index is -3.33. The molecule has 15 heteroatoms. The maximum absolute atomic E-state index is 13.5. The zero-order valence-corrected chi connectivity index (χ0v) is 40.8. The standard InChI is InChI=1S/C37H83N3O6S3Si3/c1-50(2,3)35-32-47(41,42)38-26-20-14-10-12-16-22-28-39(48(43,44)33-36-51(4,5)6)30-24-18-19-25-31-40(29-23-17-13-11-15-21-27-38)49(45,46)34-37-52(7,8)9/h10-37H2,1-9H3. The van der Waals surface area contributed by atoms with E-state index in [9.17, 15) is 25.3 Å². The summed E-state index contributed by atoms with van der Waals surface area (Å²) >= 11 is 0. The molecule has 1 saturated heterocycles. The Balaban J connectivity index is 3.03. The quantitative estimate of drug-likeness (QED) is 0.181. The number of rotatable bonds is 12. The van der Waals surface area contributed by atoms with Crippen LogP contribution < -0.4 is 0 Å². The largest absolute Gasteiger partial charge is 0.213 e. The van der Waals surface area contributed by atoms with Crippen molar-refractivity contribution >= 4 is 54.3 Å². The Morgan fingerprint density at radius 1 is 0.308 bits per heavy atom. The van der Waals surface area contributed by atoms with Gasteiger partial charge in [0.05, 0.1) is 17.3 Å². The molecule has 0 aromatic heterocycles. The van der Waals surface area contributed by atoms with Crippen LogP contribution in [0.3, 0.4) is 0 Å². The third kappa shape index (κ3) is 24.8. The molecule has 0 bridgehead atoms. The Labute approximate surface area is 327 Å². The van der Waals surface area contributed by atoms with E-state index in [1.165, 1.54) is 0 Å². The van der Waals surface area contributed by atoms with Crippen LogP contribution in [0.2, 0.25) is 77.1 Å². The van der Waals surface area contributed by atoms with Crippen molar-refractivity contribution in [3.05, 3.63) is 0 Å². The molecule has 0 spiro atoms. The predicted octanol–water partition coefficient (Wildman–Crippen LogP) is 9.15. The first-order valence-electron chi connectivity index (χ1n) is 20.9. The lowest BCUT2D eigenvalue weighted by molar-refractivity contribution is 0.370. The summed E-state index contributed by atoms with van der Waals surface area (Å²) in [6.45, 7) is 23.3. The summed E-state index contributed by atoms with van der Waals surface area (Å²) < 4.78 is 86.1. The van der Waals surface area contributed by atoms with E-state index in [1.807, 2.05) is 0 Å². The third-order valence-corrected chi connectivity index (χ3v) is 22.2. The van der Waals surface area contributed by atoms with E-state index in [-0.39, 0.29) is 17.3 Å². The van der Waals surface area contributed by atoms with E-state index in [0.29, 0.717) is 39.3 Å². The molecule has 0 aliphatic carbocycles. The molecule has 0 saturated carbocycles. The van der Waals surface area contributed by atoms with Crippen LogP contribution in [-0.2, 0) is 30.1 Å². The van der Waals surface area contributed by atoms with Gasteiger partial charge in [-0.25, -0.2) is 38.2 Å². The van der Waals surface area contributed by atoms with E-state index in [0.717, 1.165) is 121 Å². The van der Waals surface area contributed by atoms with Gasteiger partial charge < -0.3 is 0 Å². The van der Waals surface area contributed by atoms with Gasteiger partial charge in [-0.3, -0.25) is 0 Å². The van der Waals surface area contributed by atoms with E-state index in [2.05, 4.69) is 58.9 Å². The van der Waals surface area contributed by atoms with Gasteiger partial charge in [0.15, 0.2) is 0 Å². The second-order valence-electron chi connectivity index (χ2n) is 19.2. The Morgan fingerprint density at radius 3 is 0.615 bits per heavy atom. The van der Waals surface area contributed by atoms with Crippen LogP contribution in [0.15, 0.2) is 0 Å². The Morgan fingerprint density at radius 2 is 0.462 bits per heavy atom. The van der Waals surface area contributed by atoms with E-state index >= 15 is 0 Å². The molecule has 0 atom stereocenters. The first-order valence-corrected chi connectivity index (χ1v) is 36.8. The summed E-state index contributed by atoms with van der Waals surface area (Å²) in [5.41, 5.74) is 0. The number of nitrogens with zero attached hydrogens (tertiary/aromatic N) is 3. The Hall–Kier alpha value is 0.381. The maximum Gasteiger partial charge on any atom is 0.213 e. The van der Waals surface area contributed by atoms with Crippen LogP contribution >= 0.6 is 0 Å². The Bertz CT molecular complexity index is 1220. The molecule has 1 rings (SSSR count). The molecule has 312 valence electrons. The van der Waals surface area contributed by atoms with Gasteiger partial charge in [0.25, 0.3) is 0 Å². The first kappa shape index (κ1) is 50.4. The average Bonchev–Trinajstić information content (AvgIpc) is 3.01. The van der Waals surface area contributed by atoms with Crippen molar-refractivity contribution in [2.24, 2.45) is 0 Å². The molecular formula is C37H83N3O6S3Si3. The summed E-state index contributed by atoms with van der Waals surface area (Å²) in [7, 11) is -14.4. The molecule has 9 nitrogen and oxygen atoms in total. The fraction of sp³-hybridized carbons (Fsp3) is 1.00. The molecule has 0 radical (unpaired) electrons. The number of hydrogen-bond acceptors (Lipinski definition) is 6. The monoisotopic (exact) mass is 845 g/mol. The third-order valence-electron chi connectivity index (χ3n) is 10.2. The zero-order valence-electron chi connectivity index (χ0n) is 35.3. The van der Waals surface area contributed by atoms with Crippen molar-refractivity contribution in [2.45, 2.75) is 180 Å². The molecule has 0 aromatic carbocycles. The second kappa shape index (κ2) is 24.2. The van der Waals surface area contributed by atoms with Crippen LogP contribution in [0.5, 0.6) is 0 Å². The van der Waals surface area contributed by atoms with Gasteiger partial charge in [-0.2, -0.15) is 0 Å². The highest BCUT2D eigenvalue weighted by atomic mass is 32.2. The summed E-state index contributed by atoms with van der Waals surface area (Å²) in [6.07, 6.45) is 14.9. The van der Waals surface area contributed by atoms with E-state index < -0.39 is 54.3 Å². The smallest absolute Gasteiger partial charge is 0.212 e. The highest BCUT2D eigenvalue weighted by molar-refractivity contribution is 7.89. The molecule has 1 fully saturated rings. The molecule has 0 unspecified atom stereocenters. The van der Waals surface area contributed by atoms with E-state index in [1.54, 1.807) is 12.9 Å². The first-order chi connectivity index (χ1) is 23.9. The van der Waals surface area contributed by atoms with Gasteiger partial charge in [0.1, 0.15) is 0 Å². The highest BCUT2D eigenvalue weighted by Crippen LogP contribution is 2.20. The summed E-state index contributed by atoms with van der Waals surface area (Å²) in [4.78, 5) is 0. The molecule has 1 heterocycles. The van der Waals surface area contributed by atoms with Gasteiger partial charge >= 0.3 is 0 Å². The molecule has 52 heavy (non-hydrogen) atoms. The van der Waals surface area contributed by atoms with Crippen LogP contribution in [0.4, 0.5) is 0 Å². The lowest BCUT2D eigenvalue weighted by Gasteiger charge is -2.25. The van der Waals surface area contributed by atoms with Crippen molar-refractivity contribution in [3.8, 4) is 0 Å². The minimum absolute atomic E-state index is 0.227. The predicted molar refractivity (Wildman–Crippen MR) is 234 cm³/mol. The lowest BCUT2D eigenvalue weighted by atomic mass is 10.1. The van der Waals surface area contributed by atoms with Gasteiger partial charge in [-0.15, -0.1) is 0 Å². The fourth-order valence-corrected chi connectivity index (χ4v) is 20.0. The van der Waals surface area contributed by atoms with Gasteiger partial charge in [0.2, 0.25) is 30.1 Å². The van der Waals surface area contributed by atoms with Crippen molar-refractivity contribution in [3.63, 3.8) is 0 Å². The zero-order chi connectivity index (χ0) is 39.5. The molecule has 1 aliphatic heterocycles.